The molecule has 2 heteroatoms. The Hall–Kier alpha value is -1.46. The van der Waals surface area contributed by atoms with Gasteiger partial charge in [-0.3, -0.25) is 0 Å². The topological polar surface area (TPSA) is 18.5 Å². The zero-order chi connectivity index (χ0) is 10.5. The van der Waals surface area contributed by atoms with E-state index >= 15 is 0 Å². The van der Waals surface area contributed by atoms with Crippen molar-refractivity contribution in [2.45, 2.75) is 25.6 Å². The highest BCUT2D eigenvalue weighted by molar-refractivity contribution is 5.44. The lowest BCUT2D eigenvalue weighted by atomic mass is 10.2. The summed E-state index contributed by atoms with van der Waals surface area (Å²) in [5, 5.41) is 0. The molecule has 1 aliphatic heterocycles. The first-order valence-electron chi connectivity index (χ1n) is 5.24. The van der Waals surface area contributed by atoms with Gasteiger partial charge in [-0.2, -0.15) is 0 Å². The van der Waals surface area contributed by atoms with Gasteiger partial charge >= 0.3 is 0 Å². The van der Waals surface area contributed by atoms with Crippen LogP contribution in [0.2, 0.25) is 0 Å². The van der Waals surface area contributed by atoms with Crippen LogP contribution >= 0.6 is 0 Å². The van der Waals surface area contributed by atoms with Gasteiger partial charge in [-0.1, -0.05) is 18.1 Å². The molecule has 1 atom stereocenters. The molecule has 1 aromatic carbocycles. The molecule has 0 saturated carbocycles. The molecule has 1 aromatic rings. The van der Waals surface area contributed by atoms with Gasteiger partial charge in [0, 0.05) is 6.42 Å². The Balaban J connectivity index is 2.06. The molecule has 1 aliphatic rings. The van der Waals surface area contributed by atoms with Gasteiger partial charge in [0.25, 0.3) is 0 Å². The lowest BCUT2D eigenvalue weighted by Crippen LogP contribution is -2.25. The van der Waals surface area contributed by atoms with Gasteiger partial charge in [0.15, 0.2) is 6.29 Å². The molecular weight excluding hydrogens is 188 g/mol. The van der Waals surface area contributed by atoms with Gasteiger partial charge in [-0.05, 0) is 25.0 Å². The van der Waals surface area contributed by atoms with Gasteiger partial charge in [-0.25, -0.2) is 0 Å². The van der Waals surface area contributed by atoms with Gasteiger partial charge in [0.05, 0.1) is 12.2 Å². The average Bonchev–Trinajstić information content (AvgIpc) is 2.31. The Morgan fingerprint density at radius 1 is 1.33 bits per heavy atom. The molecule has 0 unspecified atom stereocenters. The fourth-order valence-electron chi connectivity index (χ4n) is 1.63. The largest absolute Gasteiger partial charge is 0.464 e. The Labute approximate surface area is 90.2 Å². The van der Waals surface area contributed by atoms with Crippen molar-refractivity contribution < 1.29 is 9.47 Å². The third-order valence-corrected chi connectivity index (χ3v) is 2.44. The first kappa shape index (κ1) is 10.1. The molecule has 0 amide bonds. The van der Waals surface area contributed by atoms with Crippen molar-refractivity contribution >= 4 is 0 Å². The Morgan fingerprint density at radius 2 is 2.20 bits per heavy atom. The van der Waals surface area contributed by atoms with E-state index in [4.69, 9.17) is 15.9 Å². The number of hydrogen-bond acceptors (Lipinski definition) is 2. The fourth-order valence-corrected chi connectivity index (χ4v) is 1.63. The second kappa shape index (κ2) is 4.86. The number of ether oxygens (including phenoxy) is 2. The van der Waals surface area contributed by atoms with E-state index in [1.54, 1.807) is 0 Å². The smallest absolute Gasteiger partial charge is 0.199 e. The summed E-state index contributed by atoms with van der Waals surface area (Å²) in [5.41, 5.74) is 0.784. The predicted octanol–water partition coefficient (Wildman–Crippen LogP) is 2.57. The third kappa shape index (κ3) is 2.51. The standard InChI is InChI=1S/C13H14O2/c1-2-11-7-3-4-8-12(11)15-13-9-5-6-10-14-13/h1,3-4,7-8,13H,5-6,9-10H2/t13-/m1/s1. The zero-order valence-corrected chi connectivity index (χ0v) is 8.61. The first-order chi connectivity index (χ1) is 7.40. The summed E-state index contributed by atoms with van der Waals surface area (Å²) in [6.45, 7) is 0.781. The van der Waals surface area contributed by atoms with Gasteiger partial charge in [0.1, 0.15) is 5.75 Å². The van der Waals surface area contributed by atoms with Crippen LogP contribution in [0.4, 0.5) is 0 Å². The summed E-state index contributed by atoms with van der Waals surface area (Å²) in [7, 11) is 0. The van der Waals surface area contributed by atoms with E-state index in [-0.39, 0.29) is 6.29 Å². The maximum Gasteiger partial charge on any atom is 0.199 e. The van der Waals surface area contributed by atoms with Crippen LogP contribution < -0.4 is 4.74 Å². The highest BCUT2D eigenvalue weighted by Gasteiger charge is 2.15. The maximum atomic E-state index is 5.71. The van der Waals surface area contributed by atoms with Crippen molar-refractivity contribution in [3.63, 3.8) is 0 Å². The lowest BCUT2D eigenvalue weighted by Gasteiger charge is -2.23. The van der Waals surface area contributed by atoms with Crippen LogP contribution in [-0.4, -0.2) is 12.9 Å². The molecule has 0 bridgehead atoms. The summed E-state index contributed by atoms with van der Waals surface area (Å²) >= 11 is 0. The molecule has 0 aliphatic carbocycles. The number of terminal acetylenes is 1. The Kier molecular flexibility index (Phi) is 3.26. The minimum atomic E-state index is -0.131. The number of para-hydroxylation sites is 1. The van der Waals surface area contributed by atoms with E-state index in [9.17, 15) is 0 Å². The van der Waals surface area contributed by atoms with Crippen LogP contribution in [0.5, 0.6) is 5.75 Å². The van der Waals surface area contributed by atoms with Crippen LogP contribution in [0.1, 0.15) is 24.8 Å². The number of rotatable bonds is 2. The molecule has 0 aromatic heterocycles. The summed E-state index contributed by atoms with van der Waals surface area (Å²) in [4.78, 5) is 0. The molecule has 1 fully saturated rings. The molecule has 78 valence electrons. The van der Waals surface area contributed by atoms with Crippen LogP contribution in [0.3, 0.4) is 0 Å². The molecule has 2 rings (SSSR count). The highest BCUT2D eigenvalue weighted by Crippen LogP contribution is 2.22. The second-order valence-corrected chi connectivity index (χ2v) is 3.55. The Morgan fingerprint density at radius 3 is 2.93 bits per heavy atom. The SMILES string of the molecule is C#Cc1ccccc1O[C@@H]1CCCCO1. The van der Waals surface area contributed by atoms with Crippen molar-refractivity contribution in [2.24, 2.45) is 0 Å². The zero-order valence-electron chi connectivity index (χ0n) is 8.61. The molecule has 2 nitrogen and oxygen atoms in total. The van der Waals surface area contributed by atoms with Crippen molar-refractivity contribution in [1.82, 2.24) is 0 Å². The minimum absolute atomic E-state index is 0.131. The van der Waals surface area contributed by atoms with Crippen molar-refractivity contribution in [1.29, 1.82) is 0 Å². The van der Waals surface area contributed by atoms with E-state index in [1.807, 2.05) is 24.3 Å². The van der Waals surface area contributed by atoms with Crippen molar-refractivity contribution in [3.8, 4) is 18.1 Å². The molecule has 1 heterocycles. The van der Waals surface area contributed by atoms with E-state index < -0.39 is 0 Å². The average molecular weight is 202 g/mol. The minimum Gasteiger partial charge on any atom is -0.464 e. The van der Waals surface area contributed by atoms with Crippen LogP contribution in [0, 0.1) is 12.3 Å². The molecule has 15 heavy (non-hydrogen) atoms. The van der Waals surface area contributed by atoms with Gasteiger partial charge < -0.3 is 9.47 Å². The summed E-state index contributed by atoms with van der Waals surface area (Å²) < 4.78 is 11.2. The number of hydrogen-bond donors (Lipinski definition) is 0. The van der Waals surface area contributed by atoms with E-state index in [0.717, 1.165) is 37.2 Å². The summed E-state index contributed by atoms with van der Waals surface area (Å²) in [6, 6.07) is 7.58. The van der Waals surface area contributed by atoms with Crippen molar-refractivity contribution in [3.05, 3.63) is 29.8 Å². The third-order valence-electron chi connectivity index (χ3n) is 2.44. The monoisotopic (exact) mass is 202 g/mol. The van der Waals surface area contributed by atoms with Gasteiger partial charge in [0.2, 0.25) is 0 Å². The van der Waals surface area contributed by atoms with Crippen molar-refractivity contribution in [2.75, 3.05) is 6.61 Å². The van der Waals surface area contributed by atoms with Crippen LogP contribution in [0.15, 0.2) is 24.3 Å². The lowest BCUT2D eigenvalue weighted by molar-refractivity contribution is -0.106. The number of benzene rings is 1. The maximum absolute atomic E-state index is 5.71. The first-order valence-corrected chi connectivity index (χ1v) is 5.24. The molecule has 1 saturated heterocycles. The molecular formula is C13H14O2. The van der Waals surface area contributed by atoms with Crippen LogP contribution in [0.25, 0.3) is 0 Å². The van der Waals surface area contributed by atoms with E-state index in [0.29, 0.717) is 0 Å². The Bertz CT molecular complexity index is 359. The molecule has 0 spiro atoms. The summed E-state index contributed by atoms with van der Waals surface area (Å²) in [5.74, 6) is 3.35. The van der Waals surface area contributed by atoms with Gasteiger partial charge in [-0.15, -0.1) is 6.42 Å². The highest BCUT2D eigenvalue weighted by atomic mass is 16.7. The van der Waals surface area contributed by atoms with Crippen LogP contribution in [-0.2, 0) is 4.74 Å². The van der Waals surface area contributed by atoms with E-state index in [2.05, 4.69) is 5.92 Å². The van der Waals surface area contributed by atoms with E-state index in [1.165, 1.54) is 0 Å². The molecule has 0 N–H and O–H groups in total. The normalized spacial score (nSPS) is 20.6. The second-order valence-electron chi connectivity index (χ2n) is 3.55. The predicted molar refractivity (Wildman–Crippen MR) is 58.6 cm³/mol. The molecule has 0 radical (unpaired) electrons. The summed E-state index contributed by atoms with van der Waals surface area (Å²) in [6.07, 6.45) is 8.47. The fraction of sp³-hybridized carbons (Fsp3) is 0.385. The quantitative estimate of drug-likeness (QED) is 0.686.